The van der Waals surface area contributed by atoms with Gasteiger partial charge in [0.25, 0.3) is 5.91 Å². The molecule has 3 atom stereocenters. The Bertz CT molecular complexity index is 851. The highest BCUT2D eigenvalue weighted by Crippen LogP contribution is 2.61. The van der Waals surface area contributed by atoms with E-state index in [2.05, 4.69) is 27.5 Å². The van der Waals surface area contributed by atoms with Crippen molar-refractivity contribution >= 4 is 11.9 Å². The lowest BCUT2D eigenvalue weighted by Gasteiger charge is -2.60. The van der Waals surface area contributed by atoms with Crippen LogP contribution in [-0.2, 0) is 4.74 Å². The third-order valence-electron chi connectivity index (χ3n) is 9.04. The number of nitrogens with zero attached hydrogens (tertiary/aromatic N) is 2. The van der Waals surface area contributed by atoms with E-state index in [4.69, 9.17) is 9.47 Å². The van der Waals surface area contributed by atoms with Crippen molar-refractivity contribution in [3.8, 4) is 5.88 Å². The number of rotatable bonds is 7. The van der Waals surface area contributed by atoms with Gasteiger partial charge in [0.1, 0.15) is 11.7 Å². The fourth-order valence-electron chi connectivity index (χ4n) is 7.25. The molecule has 4 bridgehead atoms. The second-order valence-electron chi connectivity index (χ2n) is 11.1. The Balaban J connectivity index is 1.20. The van der Waals surface area contributed by atoms with Crippen LogP contribution < -0.4 is 15.4 Å². The molecule has 1 aromatic heterocycles. The Morgan fingerprint density at radius 3 is 2.69 bits per heavy atom. The van der Waals surface area contributed by atoms with Gasteiger partial charge in [0.05, 0.1) is 12.6 Å². The van der Waals surface area contributed by atoms with Crippen molar-refractivity contribution in [1.29, 1.82) is 0 Å². The van der Waals surface area contributed by atoms with Crippen molar-refractivity contribution in [3.05, 3.63) is 11.8 Å². The molecular weight excluding hydrogens is 404 g/mol. The first-order valence-electron chi connectivity index (χ1n) is 12.8. The van der Waals surface area contributed by atoms with Crippen LogP contribution in [0.25, 0.3) is 0 Å². The lowest BCUT2D eigenvalue weighted by atomic mass is 9.47. The normalized spacial score (nSPS) is 37.8. The second kappa shape index (κ2) is 8.15. The van der Waals surface area contributed by atoms with Crippen molar-refractivity contribution in [2.24, 2.45) is 23.2 Å². The number of carbonyl (C=O) groups excluding carboxylic acids is 1. The molecule has 1 amide bonds. The molecule has 5 aliphatic carbocycles. The summed E-state index contributed by atoms with van der Waals surface area (Å²) in [7, 11) is 0. The van der Waals surface area contributed by atoms with Gasteiger partial charge in [0.15, 0.2) is 0 Å². The third kappa shape index (κ3) is 3.76. The molecule has 6 aliphatic rings. The Labute approximate surface area is 190 Å². The van der Waals surface area contributed by atoms with Gasteiger partial charge >= 0.3 is 0 Å². The van der Waals surface area contributed by atoms with Gasteiger partial charge in [0.2, 0.25) is 11.8 Å². The van der Waals surface area contributed by atoms with Crippen molar-refractivity contribution < 1.29 is 14.3 Å². The van der Waals surface area contributed by atoms with Gasteiger partial charge in [-0.2, -0.15) is 4.98 Å². The van der Waals surface area contributed by atoms with Crippen LogP contribution in [0.3, 0.4) is 0 Å². The maximum absolute atomic E-state index is 13.4. The minimum atomic E-state index is -0.0712. The molecule has 6 fully saturated rings. The number of carbonyl (C=O) groups is 1. The maximum Gasteiger partial charge on any atom is 0.258 e. The molecule has 7 nitrogen and oxygen atoms in total. The highest BCUT2D eigenvalue weighted by atomic mass is 16.5. The Hall–Kier alpha value is -1.89. The molecule has 7 rings (SSSR count). The summed E-state index contributed by atoms with van der Waals surface area (Å²) >= 11 is 0. The number of aromatic nitrogens is 2. The summed E-state index contributed by atoms with van der Waals surface area (Å²) in [6.45, 7) is 3.78. The first-order chi connectivity index (χ1) is 15.6. The van der Waals surface area contributed by atoms with Crippen LogP contribution in [0, 0.1) is 23.2 Å². The number of hydrogen-bond donors (Lipinski definition) is 2. The van der Waals surface area contributed by atoms with Gasteiger partial charge in [-0.25, -0.2) is 4.98 Å². The molecule has 0 radical (unpaired) electrons. The molecule has 174 valence electrons. The van der Waals surface area contributed by atoms with Gasteiger partial charge in [0, 0.05) is 18.8 Å². The molecule has 3 unspecified atom stereocenters. The minimum absolute atomic E-state index is 0.0712. The van der Waals surface area contributed by atoms with E-state index in [1.54, 1.807) is 6.20 Å². The van der Waals surface area contributed by atoms with Crippen LogP contribution in [0.4, 0.5) is 5.95 Å². The highest BCUT2D eigenvalue weighted by molar-refractivity contribution is 5.96. The third-order valence-corrected chi connectivity index (χ3v) is 9.04. The Kier molecular flexibility index (Phi) is 5.27. The summed E-state index contributed by atoms with van der Waals surface area (Å²) < 4.78 is 11.6. The molecule has 2 N–H and O–H groups in total. The van der Waals surface area contributed by atoms with Crippen molar-refractivity contribution in [1.82, 2.24) is 15.3 Å². The molecule has 2 heterocycles. The van der Waals surface area contributed by atoms with Gasteiger partial charge in [-0.05, 0) is 81.0 Å². The van der Waals surface area contributed by atoms with Crippen molar-refractivity contribution in [2.75, 3.05) is 18.5 Å². The zero-order chi connectivity index (χ0) is 21.7. The molecule has 0 aromatic carbocycles. The highest BCUT2D eigenvalue weighted by Gasteiger charge is 2.54. The standard InChI is InChI=1S/C25H36N4O3/c1-2-25-10-15-8-16(11-25)21(17(9-15)12-25)28-22(30)20-13-26-24(27-18-6-7-31-14-18)29-23(20)32-19-4-3-5-19/h13,15-19,21H,2-12,14H2,1H3,(H,28,30)(H,26,27,29). The topological polar surface area (TPSA) is 85.4 Å². The molecule has 1 saturated heterocycles. The van der Waals surface area contributed by atoms with E-state index in [1.165, 1.54) is 44.9 Å². The zero-order valence-corrected chi connectivity index (χ0v) is 19.1. The van der Waals surface area contributed by atoms with Gasteiger partial charge in [-0.1, -0.05) is 13.3 Å². The summed E-state index contributed by atoms with van der Waals surface area (Å²) in [6, 6.07) is 0.494. The molecule has 1 aromatic rings. The number of nitrogens with one attached hydrogen (secondary N) is 2. The monoisotopic (exact) mass is 440 g/mol. The SMILES string of the molecule is CCC12CC3CC(C1)C(NC(=O)c1cnc(NC4CCOC4)nc1OC1CCC1)C(C3)C2. The summed E-state index contributed by atoms with van der Waals surface area (Å²) in [6.07, 6.45) is 13.8. The van der Waals surface area contributed by atoms with Crippen LogP contribution in [0.1, 0.15) is 81.5 Å². The van der Waals surface area contributed by atoms with Gasteiger partial charge in [-0.3, -0.25) is 4.79 Å². The van der Waals surface area contributed by atoms with E-state index < -0.39 is 0 Å². The maximum atomic E-state index is 13.4. The number of anilines is 1. The summed E-state index contributed by atoms with van der Waals surface area (Å²) in [4.78, 5) is 22.5. The van der Waals surface area contributed by atoms with Crippen LogP contribution >= 0.6 is 0 Å². The molecule has 1 aliphatic heterocycles. The van der Waals surface area contributed by atoms with Gasteiger partial charge < -0.3 is 20.1 Å². The predicted octanol–water partition coefficient (Wildman–Crippen LogP) is 3.94. The van der Waals surface area contributed by atoms with E-state index in [0.29, 0.717) is 41.2 Å². The van der Waals surface area contributed by atoms with E-state index in [0.717, 1.165) is 31.8 Å². The van der Waals surface area contributed by atoms with E-state index in [1.807, 2.05) is 0 Å². The second-order valence-corrected chi connectivity index (χ2v) is 11.1. The fourth-order valence-corrected chi connectivity index (χ4v) is 7.25. The molecule has 7 heteroatoms. The lowest BCUT2D eigenvalue weighted by Crippen LogP contribution is -2.59. The zero-order valence-electron chi connectivity index (χ0n) is 19.1. The average molecular weight is 441 g/mol. The summed E-state index contributed by atoms with van der Waals surface area (Å²) in [5, 5.41) is 6.75. The number of amides is 1. The van der Waals surface area contributed by atoms with Crippen LogP contribution in [0.2, 0.25) is 0 Å². The quantitative estimate of drug-likeness (QED) is 0.668. The molecular formula is C25H36N4O3. The first kappa shape index (κ1) is 20.7. The predicted molar refractivity (Wildman–Crippen MR) is 121 cm³/mol. The summed E-state index contributed by atoms with van der Waals surface area (Å²) in [5.41, 5.74) is 1.01. The van der Waals surface area contributed by atoms with Crippen molar-refractivity contribution in [2.45, 2.75) is 89.3 Å². The lowest BCUT2D eigenvalue weighted by molar-refractivity contribution is -0.0757. The van der Waals surface area contributed by atoms with Crippen LogP contribution in [0.5, 0.6) is 5.88 Å². The fraction of sp³-hybridized carbons (Fsp3) is 0.800. The average Bonchev–Trinajstić information content (AvgIpc) is 3.26. The Morgan fingerprint density at radius 2 is 2.03 bits per heavy atom. The molecule has 5 saturated carbocycles. The van der Waals surface area contributed by atoms with Gasteiger partial charge in [-0.15, -0.1) is 0 Å². The summed E-state index contributed by atoms with van der Waals surface area (Å²) in [5.74, 6) is 2.98. The first-order valence-corrected chi connectivity index (χ1v) is 12.8. The smallest absolute Gasteiger partial charge is 0.258 e. The largest absolute Gasteiger partial charge is 0.474 e. The van der Waals surface area contributed by atoms with E-state index >= 15 is 0 Å². The molecule has 32 heavy (non-hydrogen) atoms. The van der Waals surface area contributed by atoms with Crippen LogP contribution in [-0.4, -0.2) is 47.3 Å². The number of hydrogen-bond acceptors (Lipinski definition) is 6. The van der Waals surface area contributed by atoms with Crippen molar-refractivity contribution in [3.63, 3.8) is 0 Å². The van der Waals surface area contributed by atoms with E-state index in [-0.39, 0.29) is 24.1 Å². The number of ether oxygens (including phenoxy) is 2. The van der Waals surface area contributed by atoms with Crippen LogP contribution in [0.15, 0.2) is 6.20 Å². The molecule has 0 spiro atoms. The Morgan fingerprint density at radius 1 is 1.22 bits per heavy atom. The van der Waals surface area contributed by atoms with E-state index in [9.17, 15) is 4.79 Å². The minimum Gasteiger partial charge on any atom is -0.474 e.